The van der Waals surface area contributed by atoms with E-state index in [1.165, 1.54) is 0 Å². The summed E-state index contributed by atoms with van der Waals surface area (Å²) < 4.78 is 15.9. The van der Waals surface area contributed by atoms with Crippen LogP contribution in [0.4, 0.5) is 0 Å². The second-order valence-corrected chi connectivity index (χ2v) is 3.59. The molecule has 0 fully saturated rings. The van der Waals surface area contributed by atoms with Gasteiger partial charge >= 0.3 is 0 Å². The van der Waals surface area contributed by atoms with Crippen molar-refractivity contribution in [2.45, 2.75) is 20.0 Å². The minimum Gasteiger partial charge on any atom is -0.497 e. The first-order valence-electron chi connectivity index (χ1n) is 5.80. The van der Waals surface area contributed by atoms with Gasteiger partial charge in [-0.1, -0.05) is 6.92 Å². The van der Waals surface area contributed by atoms with E-state index in [4.69, 9.17) is 14.2 Å². The largest absolute Gasteiger partial charge is 0.497 e. The summed E-state index contributed by atoms with van der Waals surface area (Å²) in [6, 6.07) is 5.37. The molecule has 96 valence electrons. The molecule has 0 amide bonds. The molecule has 0 atom stereocenters. The highest BCUT2D eigenvalue weighted by atomic mass is 16.5. The fraction of sp³-hybridized carbons (Fsp3) is 0.538. The van der Waals surface area contributed by atoms with E-state index in [-0.39, 0.29) is 6.61 Å². The Morgan fingerprint density at radius 3 is 2.65 bits per heavy atom. The fourth-order valence-corrected chi connectivity index (χ4v) is 1.40. The van der Waals surface area contributed by atoms with E-state index < -0.39 is 0 Å². The number of methoxy groups -OCH3 is 1. The summed E-state index contributed by atoms with van der Waals surface area (Å²) in [5.41, 5.74) is 0.722. The van der Waals surface area contributed by atoms with E-state index in [1.54, 1.807) is 25.3 Å². The predicted molar refractivity (Wildman–Crippen MR) is 65.5 cm³/mol. The summed E-state index contributed by atoms with van der Waals surface area (Å²) in [5.74, 6) is 1.39. The van der Waals surface area contributed by atoms with Gasteiger partial charge in [-0.25, -0.2) is 0 Å². The van der Waals surface area contributed by atoms with Crippen molar-refractivity contribution in [3.63, 3.8) is 0 Å². The van der Waals surface area contributed by atoms with Crippen molar-refractivity contribution >= 4 is 0 Å². The van der Waals surface area contributed by atoms with Gasteiger partial charge in [0.05, 0.1) is 20.3 Å². The van der Waals surface area contributed by atoms with Gasteiger partial charge in [-0.3, -0.25) is 0 Å². The van der Waals surface area contributed by atoms with E-state index in [9.17, 15) is 5.11 Å². The summed E-state index contributed by atoms with van der Waals surface area (Å²) in [4.78, 5) is 0. The molecule has 1 rings (SSSR count). The molecule has 0 bridgehead atoms. The van der Waals surface area contributed by atoms with Crippen LogP contribution in [0, 0.1) is 0 Å². The van der Waals surface area contributed by atoms with Crippen molar-refractivity contribution in [3.8, 4) is 11.5 Å². The average molecular weight is 240 g/mol. The first-order chi connectivity index (χ1) is 8.31. The average Bonchev–Trinajstić information content (AvgIpc) is 2.38. The fourth-order valence-electron chi connectivity index (χ4n) is 1.40. The third kappa shape index (κ3) is 4.63. The molecule has 0 unspecified atom stereocenters. The minimum absolute atomic E-state index is 0.0671. The highest BCUT2D eigenvalue weighted by Crippen LogP contribution is 2.24. The van der Waals surface area contributed by atoms with Crippen molar-refractivity contribution in [1.29, 1.82) is 0 Å². The summed E-state index contributed by atoms with van der Waals surface area (Å²) in [6.07, 6.45) is 1.00. The Labute approximate surface area is 102 Å². The molecule has 17 heavy (non-hydrogen) atoms. The summed E-state index contributed by atoms with van der Waals surface area (Å²) in [6.45, 7) is 3.79. The normalized spacial score (nSPS) is 10.3. The molecule has 0 aliphatic carbocycles. The lowest BCUT2D eigenvalue weighted by molar-refractivity contribution is 0.0996. The number of aliphatic hydroxyl groups excluding tert-OH is 1. The number of ether oxygens (including phenoxy) is 3. The Bertz CT molecular complexity index is 325. The SMILES string of the molecule is CCCOCCOc1ccc(OC)cc1CO. The third-order valence-electron chi connectivity index (χ3n) is 2.27. The van der Waals surface area contributed by atoms with Crippen LogP contribution in [0.25, 0.3) is 0 Å². The maximum atomic E-state index is 9.21. The highest BCUT2D eigenvalue weighted by molar-refractivity contribution is 5.39. The molecular formula is C13H20O4. The van der Waals surface area contributed by atoms with Crippen LogP contribution in [0.2, 0.25) is 0 Å². The summed E-state index contributed by atoms with van der Waals surface area (Å²) >= 11 is 0. The van der Waals surface area contributed by atoms with Crippen LogP contribution < -0.4 is 9.47 Å². The van der Waals surface area contributed by atoms with Crippen molar-refractivity contribution in [1.82, 2.24) is 0 Å². The molecule has 0 radical (unpaired) electrons. The van der Waals surface area contributed by atoms with Gasteiger partial charge in [0, 0.05) is 12.2 Å². The van der Waals surface area contributed by atoms with Crippen molar-refractivity contribution in [3.05, 3.63) is 23.8 Å². The van der Waals surface area contributed by atoms with Crippen molar-refractivity contribution in [2.75, 3.05) is 26.9 Å². The zero-order chi connectivity index (χ0) is 12.5. The van der Waals surface area contributed by atoms with Crippen molar-refractivity contribution < 1.29 is 19.3 Å². The molecule has 4 nitrogen and oxygen atoms in total. The van der Waals surface area contributed by atoms with Crippen LogP contribution in [0.3, 0.4) is 0 Å². The number of hydrogen-bond donors (Lipinski definition) is 1. The molecule has 1 aromatic carbocycles. The second-order valence-electron chi connectivity index (χ2n) is 3.59. The predicted octanol–water partition coefficient (Wildman–Crippen LogP) is 1.99. The van der Waals surface area contributed by atoms with E-state index >= 15 is 0 Å². The van der Waals surface area contributed by atoms with Crippen LogP contribution in [-0.4, -0.2) is 32.0 Å². The molecule has 0 saturated carbocycles. The van der Waals surface area contributed by atoms with Crippen LogP contribution >= 0.6 is 0 Å². The molecule has 1 N–H and O–H groups in total. The summed E-state index contributed by atoms with van der Waals surface area (Å²) in [7, 11) is 1.59. The zero-order valence-corrected chi connectivity index (χ0v) is 10.4. The van der Waals surface area contributed by atoms with E-state index in [0.717, 1.165) is 18.6 Å². The quantitative estimate of drug-likeness (QED) is 0.706. The molecule has 4 heteroatoms. The first-order valence-corrected chi connectivity index (χ1v) is 5.80. The second kappa shape index (κ2) is 7.92. The molecule has 0 saturated heterocycles. The Balaban J connectivity index is 2.46. The highest BCUT2D eigenvalue weighted by Gasteiger charge is 2.04. The maximum absolute atomic E-state index is 9.21. The lowest BCUT2D eigenvalue weighted by Gasteiger charge is -2.11. The van der Waals surface area contributed by atoms with E-state index in [2.05, 4.69) is 6.92 Å². The molecule has 0 spiro atoms. The van der Waals surface area contributed by atoms with Crippen LogP contribution in [-0.2, 0) is 11.3 Å². The van der Waals surface area contributed by atoms with Crippen LogP contribution in [0.5, 0.6) is 11.5 Å². The minimum atomic E-state index is -0.0671. The molecule has 0 aromatic heterocycles. The molecular weight excluding hydrogens is 220 g/mol. The van der Waals surface area contributed by atoms with Gasteiger partial charge in [0.15, 0.2) is 0 Å². The lowest BCUT2D eigenvalue weighted by Crippen LogP contribution is -2.08. The van der Waals surface area contributed by atoms with Gasteiger partial charge in [-0.15, -0.1) is 0 Å². The van der Waals surface area contributed by atoms with E-state index in [0.29, 0.717) is 24.7 Å². The van der Waals surface area contributed by atoms with Crippen LogP contribution in [0.15, 0.2) is 18.2 Å². The first kappa shape index (κ1) is 13.8. The summed E-state index contributed by atoms with van der Waals surface area (Å²) in [5, 5.41) is 9.21. The molecule has 0 aliphatic rings. The zero-order valence-electron chi connectivity index (χ0n) is 10.4. The van der Waals surface area contributed by atoms with Crippen LogP contribution in [0.1, 0.15) is 18.9 Å². The molecule has 0 heterocycles. The van der Waals surface area contributed by atoms with Gasteiger partial charge in [-0.05, 0) is 24.6 Å². The Kier molecular flexibility index (Phi) is 6.43. The monoisotopic (exact) mass is 240 g/mol. The topological polar surface area (TPSA) is 47.9 Å². The number of rotatable bonds is 8. The maximum Gasteiger partial charge on any atom is 0.125 e. The standard InChI is InChI=1S/C13H20O4/c1-3-6-16-7-8-17-13-5-4-12(15-2)9-11(13)10-14/h4-5,9,14H,3,6-8,10H2,1-2H3. The van der Waals surface area contributed by atoms with Gasteiger partial charge < -0.3 is 19.3 Å². The van der Waals surface area contributed by atoms with E-state index in [1.807, 2.05) is 0 Å². The Morgan fingerprint density at radius 1 is 1.18 bits per heavy atom. The lowest BCUT2D eigenvalue weighted by atomic mass is 10.2. The number of benzene rings is 1. The van der Waals surface area contributed by atoms with Gasteiger partial charge in [0.1, 0.15) is 18.1 Å². The number of aliphatic hydroxyl groups is 1. The molecule has 0 aliphatic heterocycles. The Hall–Kier alpha value is -1.26. The number of hydrogen-bond acceptors (Lipinski definition) is 4. The third-order valence-corrected chi connectivity index (χ3v) is 2.27. The van der Waals surface area contributed by atoms with Gasteiger partial charge in [0.2, 0.25) is 0 Å². The Morgan fingerprint density at radius 2 is 2.00 bits per heavy atom. The van der Waals surface area contributed by atoms with Crippen molar-refractivity contribution in [2.24, 2.45) is 0 Å². The van der Waals surface area contributed by atoms with Gasteiger partial charge in [0.25, 0.3) is 0 Å². The molecule has 1 aromatic rings. The van der Waals surface area contributed by atoms with Gasteiger partial charge in [-0.2, -0.15) is 0 Å². The smallest absolute Gasteiger partial charge is 0.125 e.